The van der Waals surface area contributed by atoms with E-state index in [1.54, 1.807) is 18.2 Å². The predicted octanol–water partition coefficient (Wildman–Crippen LogP) is 2.61. The van der Waals surface area contributed by atoms with Gasteiger partial charge in [-0.3, -0.25) is 9.59 Å². The van der Waals surface area contributed by atoms with Crippen molar-refractivity contribution in [3.8, 4) is 5.75 Å². The van der Waals surface area contributed by atoms with Crippen LogP contribution >= 0.6 is 11.6 Å². The third-order valence-electron chi connectivity index (χ3n) is 3.56. The Morgan fingerprint density at radius 1 is 1.07 bits per heavy atom. The van der Waals surface area contributed by atoms with Gasteiger partial charge in [-0.2, -0.15) is 0 Å². The molecule has 0 radical (unpaired) electrons. The number of methoxy groups -OCH3 is 1. The molecule has 0 fully saturated rings. The number of sulfonamides is 1. The molecule has 0 heterocycles. The first-order valence-corrected chi connectivity index (χ1v) is 10.1. The van der Waals surface area contributed by atoms with Crippen LogP contribution in [0.5, 0.6) is 5.75 Å². The summed E-state index contributed by atoms with van der Waals surface area (Å²) in [6.07, 6.45) is -0.0969. The van der Waals surface area contributed by atoms with E-state index in [1.165, 1.54) is 38.3 Å². The quantitative estimate of drug-likeness (QED) is 0.601. The van der Waals surface area contributed by atoms with Crippen LogP contribution in [-0.4, -0.2) is 33.9 Å². The van der Waals surface area contributed by atoms with Gasteiger partial charge in [0.1, 0.15) is 5.75 Å². The zero-order valence-corrected chi connectivity index (χ0v) is 16.9. The van der Waals surface area contributed by atoms with Crippen LogP contribution in [0, 0.1) is 0 Å². The lowest BCUT2D eigenvalue weighted by molar-refractivity contribution is -0.116. The summed E-state index contributed by atoms with van der Waals surface area (Å²) in [7, 11) is -2.29. The summed E-state index contributed by atoms with van der Waals surface area (Å²) in [6, 6.07) is 10.5. The van der Waals surface area contributed by atoms with Gasteiger partial charge in [0.25, 0.3) is 0 Å². The standard InChI is InChI=1S/C18H20ClN3O5S/c1-12(23)21-14-5-8-17(27-2)16(11-14)22-18(24)9-10-20-28(25,26)15-6-3-13(19)4-7-15/h3-8,11,20H,9-10H2,1-2H3,(H,21,23)(H,22,24). The van der Waals surface area contributed by atoms with Gasteiger partial charge in [0.05, 0.1) is 17.7 Å². The number of ether oxygens (including phenoxy) is 1. The van der Waals surface area contributed by atoms with Crippen molar-refractivity contribution in [3.63, 3.8) is 0 Å². The molecule has 28 heavy (non-hydrogen) atoms. The molecule has 0 saturated heterocycles. The first kappa shape index (κ1) is 21.7. The van der Waals surface area contributed by atoms with Crippen molar-refractivity contribution in [3.05, 3.63) is 47.5 Å². The highest BCUT2D eigenvalue weighted by Crippen LogP contribution is 2.28. The highest BCUT2D eigenvalue weighted by molar-refractivity contribution is 7.89. The Labute approximate surface area is 168 Å². The third kappa shape index (κ3) is 6.22. The Balaban J connectivity index is 1.96. The molecule has 0 aliphatic heterocycles. The smallest absolute Gasteiger partial charge is 0.240 e. The highest BCUT2D eigenvalue weighted by Gasteiger charge is 2.15. The molecule has 2 amide bonds. The van der Waals surface area contributed by atoms with E-state index >= 15 is 0 Å². The molecule has 8 nitrogen and oxygen atoms in total. The molecule has 0 unspecified atom stereocenters. The molecule has 150 valence electrons. The van der Waals surface area contributed by atoms with E-state index in [0.29, 0.717) is 22.1 Å². The first-order chi connectivity index (χ1) is 13.2. The molecule has 2 rings (SSSR count). The van der Waals surface area contributed by atoms with E-state index in [9.17, 15) is 18.0 Å². The maximum Gasteiger partial charge on any atom is 0.240 e. The normalized spacial score (nSPS) is 11.0. The lowest BCUT2D eigenvalue weighted by Gasteiger charge is -2.12. The van der Waals surface area contributed by atoms with Crippen LogP contribution in [0.1, 0.15) is 13.3 Å². The van der Waals surface area contributed by atoms with E-state index in [0.717, 1.165) is 0 Å². The van der Waals surface area contributed by atoms with E-state index < -0.39 is 15.9 Å². The number of benzene rings is 2. The lowest BCUT2D eigenvalue weighted by atomic mass is 10.2. The predicted molar refractivity (Wildman–Crippen MR) is 107 cm³/mol. The average molecular weight is 426 g/mol. The van der Waals surface area contributed by atoms with Gasteiger partial charge in [-0.25, -0.2) is 13.1 Å². The first-order valence-electron chi connectivity index (χ1n) is 8.22. The second-order valence-corrected chi connectivity index (χ2v) is 7.95. The van der Waals surface area contributed by atoms with Crippen LogP contribution in [0.2, 0.25) is 5.02 Å². The Bertz CT molecular complexity index is 962. The SMILES string of the molecule is COc1ccc(NC(C)=O)cc1NC(=O)CCNS(=O)(=O)c1ccc(Cl)cc1. The van der Waals surface area contributed by atoms with Crippen LogP contribution in [-0.2, 0) is 19.6 Å². The zero-order chi connectivity index (χ0) is 20.7. The maximum atomic E-state index is 12.2. The number of amides is 2. The van der Waals surface area contributed by atoms with Crippen molar-refractivity contribution in [1.82, 2.24) is 4.72 Å². The Hall–Kier alpha value is -2.62. The highest BCUT2D eigenvalue weighted by atomic mass is 35.5. The van der Waals surface area contributed by atoms with Gasteiger partial charge in [0, 0.05) is 30.6 Å². The summed E-state index contributed by atoms with van der Waals surface area (Å²) >= 11 is 5.75. The number of rotatable bonds is 8. The van der Waals surface area contributed by atoms with Crippen molar-refractivity contribution in [2.75, 3.05) is 24.3 Å². The molecule has 3 N–H and O–H groups in total. The summed E-state index contributed by atoms with van der Waals surface area (Å²) in [6.45, 7) is 1.28. The molecule has 2 aromatic rings. The molecule has 2 aromatic carbocycles. The summed E-state index contributed by atoms with van der Waals surface area (Å²) in [5.74, 6) is -0.264. The van der Waals surface area contributed by atoms with Crippen LogP contribution in [0.4, 0.5) is 11.4 Å². The van der Waals surface area contributed by atoms with E-state index in [4.69, 9.17) is 16.3 Å². The number of halogens is 1. The molecule has 0 aliphatic rings. The minimum Gasteiger partial charge on any atom is -0.495 e. The molecular formula is C18H20ClN3O5S. The molecular weight excluding hydrogens is 406 g/mol. The van der Waals surface area contributed by atoms with Crippen molar-refractivity contribution in [1.29, 1.82) is 0 Å². The van der Waals surface area contributed by atoms with E-state index in [2.05, 4.69) is 15.4 Å². The van der Waals surface area contributed by atoms with Crippen molar-refractivity contribution in [2.45, 2.75) is 18.2 Å². The summed E-state index contributed by atoms with van der Waals surface area (Å²) < 4.78 is 31.9. The van der Waals surface area contributed by atoms with E-state index in [-0.39, 0.29) is 23.8 Å². The second-order valence-electron chi connectivity index (χ2n) is 5.75. The molecule has 0 atom stereocenters. The second kappa shape index (κ2) is 9.54. The van der Waals surface area contributed by atoms with Crippen LogP contribution < -0.4 is 20.1 Å². The number of anilines is 2. The van der Waals surface area contributed by atoms with Gasteiger partial charge in [-0.1, -0.05) is 11.6 Å². The summed E-state index contributed by atoms with van der Waals surface area (Å²) in [4.78, 5) is 23.4. The molecule has 0 bridgehead atoms. The fourth-order valence-electron chi connectivity index (χ4n) is 2.30. The molecule has 0 saturated carbocycles. The minimum atomic E-state index is -3.74. The number of carbonyl (C=O) groups is 2. The fourth-order valence-corrected chi connectivity index (χ4v) is 3.45. The number of hydrogen-bond donors (Lipinski definition) is 3. The number of hydrogen-bond acceptors (Lipinski definition) is 5. The van der Waals surface area contributed by atoms with Crippen molar-refractivity contribution in [2.24, 2.45) is 0 Å². The van der Waals surface area contributed by atoms with Crippen molar-refractivity contribution >= 4 is 44.8 Å². The molecule has 0 aromatic heterocycles. The third-order valence-corrected chi connectivity index (χ3v) is 5.29. The topological polar surface area (TPSA) is 114 Å². The summed E-state index contributed by atoms with van der Waals surface area (Å²) in [5.41, 5.74) is 0.853. The zero-order valence-electron chi connectivity index (χ0n) is 15.3. The van der Waals surface area contributed by atoms with Gasteiger partial charge in [0.15, 0.2) is 0 Å². The van der Waals surface area contributed by atoms with E-state index in [1.807, 2.05) is 0 Å². The monoisotopic (exact) mass is 425 g/mol. The number of nitrogens with one attached hydrogen (secondary N) is 3. The Kier molecular flexibility index (Phi) is 7.38. The molecule has 10 heteroatoms. The van der Waals surface area contributed by atoms with Gasteiger partial charge >= 0.3 is 0 Å². The maximum absolute atomic E-state index is 12.2. The van der Waals surface area contributed by atoms with Gasteiger partial charge in [-0.15, -0.1) is 0 Å². The minimum absolute atomic E-state index is 0.0574. The largest absolute Gasteiger partial charge is 0.495 e. The van der Waals surface area contributed by atoms with Crippen LogP contribution in [0.3, 0.4) is 0 Å². The van der Waals surface area contributed by atoms with Crippen LogP contribution in [0.15, 0.2) is 47.4 Å². The van der Waals surface area contributed by atoms with Gasteiger partial charge < -0.3 is 15.4 Å². The number of carbonyl (C=O) groups excluding carboxylic acids is 2. The Morgan fingerprint density at radius 2 is 1.75 bits per heavy atom. The average Bonchev–Trinajstić information content (AvgIpc) is 2.61. The lowest BCUT2D eigenvalue weighted by Crippen LogP contribution is -2.27. The van der Waals surface area contributed by atoms with Gasteiger partial charge in [0.2, 0.25) is 21.8 Å². The van der Waals surface area contributed by atoms with Crippen LogP contribution in [0.25, 0.3) is 0 Å². The Morgan fingerprint density at radius 3 is 2.36 bits per heavy atom. The molecule has 0 aliphatic carbocycles. The van der Waals surface area contributed by atoms with Crippen molar-refractivity contribution < 1.29 is 22.7 Å². The molecule has 0 spiro atoms. The summed E-state index contributed by atoms with van der Waals surface area (Å²) in [5, 5.41) is 5.67. The fraction of sp³-hybridized carbons (Fsp3) is 0.222. The van der Waals surface area contributed by atoms with Gasteiger partial charge in [-0.05, 0) is 42.5 Å².